The Hall–Kier alpha value is -1.26. The molecule has 0 saturated carbocycles. The normalized spacial score (nSPS) is 28.0. The van der Waals surface area contributed by atoms with Crippen LogP contribution < -0.4 is 14.8 Å². The van der Waals surface area contributed by atoms with E-state index in [1.165, 1.54) is 5.56 Å². The molecular formula is C17H25NO3. The molecule has 3 unspecified atom stereocenters. The minimum atomic E-state index is 0.253. The lowest BCUT2D eigenvalue weighted by molar-refractivity contribution is 0.0800. The summed E-state index contributed by atoms with van der Waals surface area (Å²) in [6.45, 7) is 4.92. The molecule has 0 amide bonds. The highest BCUT2D eigenvalue weighted by atomic mass is 16.5. The monoisotopic (exact) mass is 291 g/mol. The molecule has 0 spiro atoms. The van der Waals surface area contributed by atoms with Crippen molar-refractivity contribution in [3.63, 3.8) is 0 Å². The summed E-state index contributed by atoms with van der Waals surface area (Å²) >= 11 is 0. The average molecular weight is 291 g/mol. The summed E-state index contributed by atoms with van der Waals surface area (Å²) in [6.07, 6.45) is 3.50. The molecule has 2 aliphatic heterocycles. The van der Waals surface area contributed by atoms with Gasteiger partial charge in [0.1, 0.15) is 17.6 Å². The number of rotatable bonds is 5. The third-order valence-electron chi connectivity index (χ3n) is 4.47. The molecule has 1 aromatic rings. The van der Waals surface area contributed by atoms with Gasteiger partial charge in [0.15, 0.2) is 0 Å². The van der Waals surface area contributed by atoms with Crippen LogP contribution in [0.5, 0.6) is 11.5 Å². The predicted octanol–water partition coefficient (Wildman–Crippen LogP) is 2.92. The average Bonchev–Trinajstić information content (AvgIpc) is 3.06. The molecule has 0 aromatic heterocycles. The van der Waals surface area contributed by atoms with Crippen LogP contribution in [0.2, 0.25) is 0 Å². The minimum Gasteiger partial charge on any atom is -0.497 e. The van der Waals surface area contributed by atoms with Crippen molar-refractivity contribution in [3.8, 4) is 11.5 Å². The van der Waals surface area contributed by atoms with Crippen LogP contribution in [0.15, 0.2) is 18.2 Å². The predicted molar refractivity (Wildman–Crippen MR) is 82.0 cm³/mol. The van der Waals surface area contributed by atoms with E-state index in [9.17, 15) is 0 Å². The molecule has 1 fully saturated rings. The van der Waals surface area contributed by atoms with Gasteiger partial charge in [0.05, 0.1) is 13.7 Å². The first kappa shape index (κ1) is 14.7. The van der Waals surface area contributed by atoms with E-state index in [0.717, 1.165) is 50.5 Å². The zero-order valence-electron chi connectivity index (χ0n) is 12.9. The maximum Gasteiger partial charge on any atom is 0.124 e. The van der Waals surface area contributed by atoms with Crippen molar-refractivity contribution in [1.29, 1.82) is 0 Å². The summed E-state index contributed by atoms with van der Waals surface area (Å²) in [5, 5.41) is 3.66. The Labute approximate surface area is 126 Å². The molecule has 2 aliphatic rings. The summed E-state index contributed by atoms with van der Waals surface area (Å²) in [5.41, 5.74) is 1.22. The number of fused-ring (bicyclic) bond motifs is 1. The van der Waals surface area contributed by atoms with E-state index in [1.54, 1.807) is 7.11 Å². The highest BCUT2D eigenvalue weighted by Crippen LogP contribution is 2.40. The van der Waals surface area contributed by atoms with Gasteiger partial charge in [-0.25, -0.2) is 0 Å². The Kier molecular flexibility index (Phi) is 4.66. The van der Waals surface area contributed by atoms with Gasteiger partial charge in [-0.2, -0.15) is 0 Å². The van der Waals surface area contributed by atoms with Gasteiger partial charge in [0.2, 0.25) is 0 Å². The lowest BCUT2D eigenvalue weighted by Crippen LogP contribution is -2.37. The van der Waals surface area contributed by atoms with Crippen LogP contribution in [0.1, 0.15) is 37.8 Å². The van der Waals surface area contributed by atoms with Gasteiger partial charge in [0.25, 0.3) is 0 Å². The Bertz CT molecular complexity index is 471. The zero-order chi connectivity index (χ0) is 14.7. The molecular weight excluding hydrogens is 266 g/mol. The Morgan fingerprint density at radius 2 is 2.29 bits per heavy atom. The molecule has 4 heteroatoms. The van der Waals surface area contributed by atoms with Crippen molar-refractivity contribution in [1.82, 2.24) is 5.32 Å². The van der Waals surface area contributed by atoms with E-state index in [1.807, 2.05) is 12.1 Å². The smallest absolute Gasteiger partial charge is 0.124 e. The molecule has 0 bridgehead atoms. The highest BCUT2D eigenvalue weighted by molar-refractivity contribution is 5.43. The molecule has 3 rings (SSSR count). The Morgan fingerprint density at radius 3 is 3.00 bits per heavy atom. The number of methoxy groups -OCH3 is 1. The first-order valence-electron chi connectivity index (χ1n) is 7.97. The van der Waals surface area contributed by atoms with E-state index in [0.29, 0.717) is 12.0 Å². The van der Waals surface area contributed by atoms with Crippen molar-refractivity contribution >= 4 is 0 Å². The first-order chi connectivity index (χ1) is 10.3. The van der Waals surface area contributed by atoms with E-state index in [4.69, 9.17) is 14.2 Å². The molecule has 4 nitrogen and oxygen atoms in total. The van der Waals surface area contributed by atoms with Gasteiger partial charge in [-0.05, 0) is 37.6 Å². The number of hydrogen-bond donors (Lipinski definition) is 1. The summed E-state index contributed by atoms with van der Waals surface area (Å²) in [5.74, 6) is 2.40. The second-order valence-electron chi connectivity index (χ2n) is 5.93. The largest absolute Gasteiger partial charge is 0.497 e. The number of benzene rings is 1. The van der Waals surface area contributed by atoms with Crippen molar-refractivity contribution in [2.45, 2.75) is 38.3 Å². The van der Waals surface area contributed by atoms with Gasteiger partial charge in [-0.1, -0.05) is 6.92 Å². The molecule has 1 aromatic carbocycles. The van der Waals surface area contributed by atoms with Crippen LogP contribution >= 0.6 is 0 Å². The second-order valence-corrected chi connectivity index (χ2v) is 5.93. The molecule has 0 radical (unpaired) electrons. The van der Waals surface area contributed by atoms with Crippen LogP contribution in [0.3, 0.4) is 0 Å². The summed E-state index contributed by atoms with van der Waals surface area (Å²) in [4.78, 5) is 0. The summed E-state index contributed by atoms with van der Waals surface area (Å²) in [7, 11) is 1.71. The molecule has 3 atom stereocenters. The maximum atomic E-state index is 6.25. The third-order valence-corrected chi connectivity index (χ3v) is 4.47. The lowest BCUT2D eigenvalue weighted by atomic mass is 9.89. The number of ether oxygens (including phenoxy) is 3. The molecule has 2 heterocycles. The standard InChI is InChI=1S/C17H25NO3/c1-3-7-18-15-10-17(12-6-8-20-11-12)21-16-5-4-13(19-2)9-14(15)16/h4-5,9,12,15,17-18H,3,6-8,10-11H2,1-2H3. The van der Waals surface area contributed by atoms with E-state index >= 15 is 0 Å². The number of hydrogen-bond acceptors (Lipinski definition) is 4. The zero-order valence-corrected chi connectivity index (χ0v) is 12.9. The van der Waals surface area contributed by atoms with Crippen molar-refractivity contribution < 1.29 is 14.2 Å². The fraction of sp³-hybridized carbons (Fsp3) is 0.647. The van der Waals surface area contributed by atoms with Crippen LogP contribution in [0.4, 0.5) is 0 Å². The van der Waals surface area contributed by atoms with Gasteiger partial charge in [-0.15, -0.1) is 0 Å². The fourth-order valence-electron chi connectivity index (χ4n) is 3.25. The molecule has 116 valence electrons. The third kappa shape index (κ3) is 3.16. The summed E-state index contributed by atoms with van der Waals surface area (Å²) in [6, 6.07) is 6.46. The summed E-state index contributed by atoms with van der Waals surface area (Å²) < 4.78 is 17.1. The quantitative estimate of drug-likeness (QED) is 0.905. The van der Waals surface area contributed by atoms with Gasteiger partial charge in [-0.3, -0.25) is 0 Å². The van der Waals surface area contributed by atoms with Crippen LogP contribution in [0.25, 0.3) is 0 Å². The van der Waals surface area contributed by atoms with E-state index < -0.39 is 0 Å². The van der Waals surface area contributed by atoms with Crippen LogP contribution in [-0.2, 0) is 4.74 Å². The minimum absolute atomic E-state index is 0.253. The maximum absolute atomic E-state index is 6.25. The van der Waals surface area contributed by atoms with E-state index in [2.05, 4.69) is 18.3 Å². The SMILES string of the molecule is CCCNC1CC(C2CCOC2)Oc2ccc(OC)cc21. The fourth-order valence-corrected chi connectivity index (χ4v) is 3.25. The van der Waals surface area contributed by atoms with Crippen molar-refractivity contribution in [2.75, 3.05) is 26.9 Å². The molecule has 1 saturated heterocycles. The highest BCUT2D eigenvalue weighted by Gasteiger charge is 2.35. The molecule has 21 heavy (non-hydrogen) atoms. The lowest BCUT2D eigenvalue weighted by Gasteiger charge is -2.35. The van der Waals surface area contributed by atoms with Gasteiger partial charge < -0.3 is 19.5 Å². The Morgan fingerprint density at radius 1 is 1.38 bits per heavy atom. The molecule has 1 N–H and O–H groups in total. The van der Waals surface area contributed by atoms with E-state index in [-0.39, 0.29) is 6.10 Å². The Balaban J connectivity index is 1.83. The van der Waals surface area contributed by atoms with Crippen LogP contribution in [-0.4, -0.2) is 33.0 Å². The van der Waals surface area contributed by atoms with Gasteiger partial charge in [0, 0.05) is 30.6 Å². The van der Waals surface area contributed by atoms with Crippen molar-refractivity contribution in [2.24, 2.45) is 5.92 Å². The van der Waals surface area contributed by atoms with Gasteiger partial charge >= 0.3 is 0 Å². The number of nitrogens with one attached hydrogen (secondary N) is 1. The topological polar surface area (TPSA) is 39.7 Å². The second kappa shape index (κ2) is 6.67. The molecule has 0 aliphatic carbocycles. The first-order valence-corrected chi connectivity index (χ1v) is 7.97. The van der Waals surface area contributed by atoms with Crippen molar-refractivity contribution in [3.05, 3.63) is 23.8 Å². The van der Waals surface area contributed by atoms with Crippen LogP contribution in [0, 0.1) is 5.92 Å².